The molecule has 0 saturated heterocycles. The van der Waals surface area contributed by atoms with Crippen LogP contribution in [0.2, 0.25) is 5.02 Å². The molecule has 2 rings (SSSR count). The molecule has 0 radical (unpaired) electrons. The Morgan fingerprint density at radius 2 is 2.16 bits per heavy atom. The van der Waals surface area contributed by atoms with Crippen LogP contribution >= 0.6 is 50.1 Å². The Morgan fingerprint density at radius 3 is 2.74 bits per heavy atom. The monoisotopic (exact) mass is 457 g/mol. The number of fused-ring (bicyclic) bond motifs is 1. The number of aromatic nitrogens is 3. The van der Waals surface area contributed by atoms with E-state index in [9.17, 15) is 4.79 Å². The van der Waals surface area contributed by atoms with Gasteiger partial charge in [-0.05, 0) is 65.4 Å². The molecule has 0 aliphatic heterocycles. The highest BCUT2D eigenvalue weighted by Gasteiger charge is 2.22. The predicted molar refractivity (Wildman–Crippen MR) is 84.6 cm³/mol. The number of rotatable bonds is 0. The Hall–Kier alpha value is -0.410. The van der Waals surface area contributed by atoms with Crippen LogP contribution in [-0.4, -0.2) is 26.5 Å². The van der Waals surface area contributed by atoms with Crippen molar-refractivity contribution >= 4 is 67.2 Å². The topological polar surface area (TPSA) is 57.0 Å². The van der Waals surface area contributed by atoms with Crippen molar-refractivity contribution in [3.63, 3.8) is 0 Å². The zero-order valence-electron chi connectivity index (χ0n) is 10.4. The summed E-state index contributed by atoms with van der Waals surface area (Å²) < 4.78 is 7.59. The molecule has 5 nitrogen and oxygen atoms in total. The summed E-state index contributed by atoms with van der Waals surface area (Å²) in [5.41, 5.74) is 0.530. The summed E-state index contributed by atoms with van der Waals surface area (Å²) in [6.07, 6.45) is -0.555. The average molecular weight is 458 g/mol. The van der Waals surface area contributed by atoms with Gasteiger partial charge in [0.1, 0.15) is 24.9 Å². The second kappa shape index (κ2) is 5.17. The number of carbonyl (C=O) groups is 1. The van der Waals surface area contributed by atoms with Crippen molar-refractivity contribution in [2.24, 2.45) is 0 Å². The smallest absolute Gasteiger partial charge is 0.435 e. The van der Waals surface area contributed by atoms with Crippen molar-refractivity contribution < 1.29 is 9.53 Å². The maximum atomic E-state index is 12.1. The molecule has 0 N–H and O–H groups in total. The van der Waals surface area contributed by atoms with E-state index in [1.165, 1.54) is 4.68 Å². The molecular weight excluding hydrogens is 448 g/mol. The molecule has 0 atom stereocenters. The molecule has 19 heavy (non-hydrogen) atoms. The quantitative estimate of drug-likeness (QED) is 0.438. The van der Waals surface area contributed by atoms with E-state index in [1.807, 2.05) is 22.6 Å². The van der Waals surface area contributed by atoms with Gasteiger partial charge in [-0.2, -0.15) is 9.78 Å². The van der Waals surface area contributed by atoms with E-state index in [2.05, 4.69) is 26.0 Å². The molecule has 0 saturated carbocycles. The lowest BCUT2D eigenvalue weighted by Gasteiger charge is -2.19. The SMILES string of the molecule is CC(C)(C)OC(=O)n1nc(I)c2nc(Br)c(Cl)cc21. The molecule has 0 aliphatic carbocycles. The highest BCUT2D eigenvalue weighted by molar-refractivity contribution is 14.1. The third kappa shape index (κ3) is 3.19. The van der Waals surface area contributed by atoms with Gasteiger partial charge in [0.2, 0.25) is 0 Å². The normalized spacial score (nSPS) is 11.9. The average Bonchev–Trinajstić information content (AvgIpc) is 2.55. The van der Waals surface area contributed by atoms with Gasteiger partial charge in [0.25, 0.3) is 0 Å². The Kier molecular flexibility index (Phi) is 4.08. The molecule has 0 amide bonds. The lowest BCUT2D eigenvalue weighted by atomic mass is 10.2. The van der Waals surface area contributed by atoms with Gasteiger partial charge in [0.05, 0.1) is 5.02 Å². The van der Waals surface area contributed by atoms with Gasteiger partial charge in [-0.3, -0.25) is 0 Å². The Morgan fingerprint density at radius 1 is 1.53 bits per heavy atom. The van der Waals surface area contributed by atoms with Crippen LogP contribution in [0.4, 0.5) is 4.79 Å². The zero-order chi connectivity index (χ0) is 14.4. The maximum absolute atomic E-state index is 12.1. The molecule has 2 heterocycles. The van der Waals surface area contributed by atoms with Crippen LogP contribution in [0.1, 0.15) is 20.8 Å². The number of pyridine rings is 1. The van der Waals surface area contributed by atoms with Crippen LogP contribution in [-0.2, 0) is 4.74 Å². The highest BCUT2D eigenvalue weighted by Crippen LogP contribution is 2.27. The molecule has 0 spiro atoms. The fraction of sp³-hybridized carbons (Fsp3) is 0.364. The third-order valence-electron chi connectivity index (χ3n) is 2.09. The van der Waals surface area contributed by atoms with Crippen LogP contribution < -0.4 is 0 Å². The maximum Gasteiger partial charge on any atom is 0.435 e. The van der Waals surface area contributed by atoms with Gasteiger partial charge in [0, 0.05) is 0 Å². The number of halogens is 3. The van der Waals surface area contributed by atoms with E-state index in [0.29, 0.717) is 24.4 Å². The minimum atomic E-state index is -0.590. The summed E-state index contributed by atoms with van der Waals surface area (Å²) in [6, 6.07) is 1.63. The minimum Gasteiger partial charge on any atom is -0.442 e. The summed E-state index contributed by atoms with van der Waals surface area (Å²) in [4.78, 5) is 16.3. The third-order valence-corrected chi connectivity index (χ3v) is 3.94. The number of nitrogens with zero attached hydrogens (tertiary/aromatic N) is 3. The molecule has 2 aromatic rings. The van der Waals surface area contributed by atoms with Crippen molar-refractivity contribution in [3.05, 3.63) is 19.4 Å². The fourth-order valence-corrected chi connectivity index (χ4v) is 2.45. The van der Waals surface area contributed by atoms with Crippen LogP contribution in [0, 0.1) is 3.70 Å². The summed E-state index contributed by atoms with van der Waals surface area (Å²) in [6.45, 7) is 5.39. The standard InChI is InChI=1S/C11H10BrClIN3O2/c1-11(2,3)19-10(18)17-6-4-5(13)8(12)15-7(6)9(14)16-17/h4H,1-3H3. The van der Waals surface area contributed by atoms with Crippen molar-refractivity contribution in [3.8, 4) is 0 Å². The van der Waals surface area contributed by atoms with E-state index in [4.69, 9.17) is 16.3 Å². The van der Waals surface area contributed by atoms with Gasteiger partial charge in [-0.1, -0.05) is 11.6 Å². The molecule has 102 valence electrons. The van der Waals surface area contributed by atoms with Gasteiger partial charge >= 0.3 is 6.09 Å². The Labute approximate surface area is 136 Å². The summed E-state index contributed by atoms with van der Waals surface area (Å²) in [5, 5.41) is 4.55. The van der Waals surface area contributed by atoms with Crippen molar-refractivity contribution in [2.45, 2.75) is 26.4 Å². The van der Waals surface area contributed by atoms with Crippen molar-refractivity contribution in [2.75, 3.05) is 0 Å². The Balaban J connectivity index is 2.56. The van der Waals surface area contributed by atoms with E-state index in [-0.39, 0.29) is 0 Å². The lowest BCUT2D eigenvalue weighted by Crippen LogP contribution is -2.27. The van der Waals surface area contributed by atoms with Gasteiger partial charge in [-0.25, -0.2) is 9.78 Å². The van der Waals surface area contributed by atoms with E-state index >= 15 is 0 Å². The Bertz CT molecular complexity index is 666. The van der Waals surface area contributed by atoms with Crippen LogP contribution in [0.5, 0.6) is 0 Å². The highest BCUT2D eigenvalue weighted by atomic mass is 127. The zero-order valence-corrected chi connectivity index (χ0v) is 14.9. The molecule has 0 aliphatic rings. The second-order valence-corrected chi connectivity index (χ2v) is 6.99. The molecule has 0 fully saturated rings. The summed E-state index contributed by atoms with van der Waals surface area (Å²) in [5.74, 6) is 0. The fourth-order valence-electron chi connectivity index (χ4n) is 1.40. The molecule has 0 aromatic carbocycles. The van der Waals surface area contributed by atoms with Gasteiger partial charge < -0.3 is 4.74 Å². The van der Waals surface area contributed by atoms with Gasteiger partial charge in [0.15, 0.2) is 0 Å². The predicted octanol–water partition coefficient (Wildman–Crippen LogP) is 4.24. The van der Waals surface area contributed by atoms with Crippen LogP contribution in [0.25, 0.3) is 11.0 Å². The molecule has 0 unspecified atom stereocenters. The van der Waals surface area contributed by atoms with E-state index in [1.54, 1.807) is 26.8 Å². The number of hydrogen-bond acceptors (Lipinski definition) is 4. The molecule has 0 bridgehead atoms. The van der Waals surface area contributed by atoms with Crippen LogP contribution in [0.3, 0.4) is 0 Å². The van der Waals surface area contributed by atoms with Gasteiger partial charge in [-0.15, -0.1) is 0 Å². The lowest BCUT2D eigenvalue weighted by molar-refractivity contribution is 0.0522. The molecule has 8 heteroatoms. The van der Waals surface area contributed by atoms with Crippen molar-refractivity contribution in [1.82, 2.24) is 14.8 Å². The van der Waals surface area contributed by atoms with E-state index < -0.39 is 11.7 Å². The van der Waals surface area contributed by atoms with Crippen LogP contribution in [0.15, 0.2) is 10.7 Å². The second-order valence-electron chi connectivity index (χ2n) is 4.81. The summed E-state index contributed by atoms with van der Waals surface area (Å²) in [7, 11) is 0. The molecular formula is C11H10BrClIN3O2. The van der Waals surface area contributed by atoms with E-state index in [0.717, 1.165) is 0 Å². The largest absolute Gasteiger partial charge is 0.442 e. The summed E-state index contributed by atoms with van der Waals surface area (Å²) >= 11 is 11.3. The first-order valence-electron chi connectivity index (χ1n) is 5.32. The van der Waals surface area contributed by atoms with Crippen molar-refractivity contribution in [1.29, 1.82) is 0 Å². The molecule has 2 aromatic heterocycles. The first kappa shape index (κ1) is 15.0. The number of hydrogen-bond donors (Lipinski definition) is 0. The number of carbonyl (C=O) groups excluding carboxylic acids is 1. The first-order valence-corrected chi connectivity index (χ1v) is 7.57. The number of ether oxygens (including phenoxy) is 1. The minimum absolute atomic E-state index is 0.411. The first-order chi connectivity index (χ1) is 8.69.